The Balaban J connectivity index is 1.21. The molecule has 0 aliphatic heterocycles. The summed E-state index contributed by atoms with van der Waals surface area (Å²) in [6.45, 7) is 1.79. The Kier molecular flexibility index (Phi) is 11.2. The number of amides is 3. The van der Waals surface area contributed by atoms with Gasteiger partial charge in [0.2, 0.25) is 5.91 Å². The van der Waals surface area contributed by atoms with Crippen molar-refractivity contribution in [1.29, 1.82) is 0 Å². The fraction of sp³-hybridized carbons (Fsp3) is 0.0732. The molecule has 0 fully saturated rings. The second-order valence-electron chi connectivity index (χ2n) is 11.7. The first-order chi connectivity index (χ1) is 25.2. The normalized spacial score (nSPS) is 11.8. The van der Waals surface area contributed by atoms with Gasteiger partial charge in [0.25, 0.3) is 17.4 Å². The van der Waals surface area contributed by atoms with Crippen LogP contribution < -0.4 is 21.5 Å². The van der Waals surface area contributed by atoms with Gasteiger partial charge in [0, 0.05) is 28.2 Å². The maximum atomic E-state index is 13.9. The summed E-state index contributed by atoms with van der Waals surface area (Å²) in [6.07, 6.45) is 1.55. The van der Waals surface area contributed by atoms with Gasteiger partial charge in [-0.05, 0) is 84.8 Å². The van der Waals surface area contributed by atoms with Crippen LogP contribution in [0.15, 0.2) is 155 Å². The zero-order valence-corrected chi connectivity index (χ0v) is 29.8. The number of carbonyl (C=O) groups excluding carboxylic acids is 3. The zero-order valence-electron chi connectivity index (χ0n) is 28.2. The van der Waals surface area contributed by atoms with E-state index in [-0.39, 0.29) is 22.9 Å². The maximum Gasteiger partial charge on any atom is 0.295 e. The number of benzene rings is 5. The standard InChI is InChI=1S/C41H34ClN5O4S/c1-27-36(41(51)47(46(27)2)33-19-10-5-11-20-33)45-40(50)37(29-14-6-3-7-15-29)52-34-23-21-32(22-24-34)43-39(49)35(26-28-13-12-18-31(42)25-28)44-38(48)30-16-8-4-9-17-30/h3-26,37H,1-2H3,(H,43,49)(H,44,48)(H,45,50)/b35-26-. The molecular weight excluding hydrogens is 694 g/mol. The Morgan fingerprint density at radius 2 is 1.40 bits per heavy atom. The molecule has 0 saturated carbocycles. The van der Waals surface area contributed by atoms with Crippen molar-refractivity contribution in [3.63, 3.8) is 0 Å². The Morgan fingerprint density at radius 1 is 0.769 bits per heavy atom. The molecule has 1 atom stereocenters. The zero-order chi connectivity index (χ0) is 36.6. The van der Waals surface area contributed by atoms with E-state index in [0.29, 0.717) is 33.2 Å². The maximum absolute atomic E-state index is 13.9. The van der Waals surface area contributed by atoms with Crippen LogP contribution in [0.25, 0.3) is 11.8 Å². The minimum Gasteiger partial charge on any atom is -0.321 e. The van der Waals surface area contributed by atoms with Crippen molar-refractivity contribution in [1.82, 2.24) is 14.7 Å². The fourth-order valence-corrected chi connectivity index (χ4v) is 6.68. The molecule has 1 aromatic heterocycles. The minimum atomic E-state index is -0.703. The molecule has 0 spiro atoms. The summed E-state index contributed by atoms with van der Waals surface area (Å²) >= 11 is 7.48. The predicted molar refractivity (Wildman–Crippen MR) is 208 cm³/mol. The molecule has 5 aromatic carbocycles. The van der Waals surface area contributed by atoms with Gasteiger partial charge in [-0.25, -0.2) is 4.68 Å². The lowest BCUT2D eigenvalue weighted by molar-refractivity contribution is -0.116. The van der Waals surface area contributed by atoms with Crippen molar-refractivity contribution < 1.29 is 14.4 Å². The third-order valence-electron chi connectivity index (χ3n) is 8.20. The predicted octanol–water partition coefficient (Wildman–Crippen LogP) is 8.02. The van der Waals surface area contributed by atoms with Gasteiger partial charge in [-0.1, -0.05) is 90.5 Å². The van der Waals surface area contributed by atoms with Crippen molar-refractivity contribution in [3.05, 3.63) is 183 Å². The van der Waals surface area contributed by atoms with Crippen LogP contribution in [0.3, 0.4) is 0 Å². The second-order valence-corrected chi connectivity index (χ2v) is 13.4. The van der Waals surface area contributed by atoms with Gasteiger partial charge in [-0.15, -0.1) is 11.8 Å². The van der Waals surface area contributed by atoms with Crippen molar-refractivity contribution in [2.45, 2.75) is 17.1 Å². The van der Waals surface area contributed by atoms with E-state index in [2.05, 4.69) is 16.0 Å². The van der Waals surface area contributed by atoms with E-state index >= 15 is 0 Å². The van der Waals surface area contributed by atoms with Gasteiger partial charge >= 0.3 is 0 Å². The minimum absolute atomic E-state index is 0.0258. The smallest absolute Gasteiger partial charge is 0.295 e. The summed E-state index contributed by atoms with van der Waals surface area (Å²) in [5.41, 5.74) is 3.46. The Hall–Kier alpha value is -6.10. The van der Waals surface area contributed by atoms with E-state index in [1.807, 2.05) is 60.7 Å². The summed E-state index contributed by atoms with van der Waals surface area (Å²) in [5, 5.41) is 8.27. The van der Waals surface area contributed by atoms with Crippen LogP contribution in [-0.2, 0) is 16.6 Å². The van der Waals surface area contributed by atoms with Crippen molar-refractivity contribution in [2.24, 2.45) is 7.05 Å². The quantitative estimate of drug-likeness (QED) is 0.0924. The molecule has 3 amide bonds. The number of para-hydroxylation sites is 1. The molecule has 1 heterocycles. The highest BCUT2D eigenvalue weighted by Crippen LogP contribution is 2.37. The van der Waals surface area contributed by atoms with Crippen LogP contribution in [0.4, 0.5) is 11.4 Å². The van der Waals surface area contributed by atoms with Crippen LogP contribution >= 0.6 is 23.4 Å². The molecule has 6 rings (SSSR count). The first-order valence-electron chi connectivity index (χ1n) is 16.3. The number of carbonyl (C=O) groups is 3. The molecule has 6 aromatic rings. The van der Waals surface area contributed by atoms with Crippen molar-refractivity contribution >= 4 is 58.5 Å². The van der Waals surface area contributed by atoms with Crippen molar-refractivity contribution in [2.75, 3.05) is 10.6 Å². The number of nitrogens with zero attached hydrogens (tertiary/aromatic N) is 2. The number of rotatable bonds is 11. The number of hydrogen-bond acceptors (Lipinski definition) is 5. The monoisotopic (exact) mass is 727 g/mol. The van der Waals surface area contributed by atoms with E-state index < -0.39 is 17.1 Å². The summed E-state index contributed by atoms with van der Waals surface area (Å²) in [5.74, 6) is -1.33. The topological polar surface area (TPSA) is 114 Å². The molecule has 0 aliphatic carbocycles. The van der Waals surface area contributed by atoms with Gasteiger partial charge in [-0.3, -0.25) is 23.9 Å². The fourth-order valence-electron chi connectivity index (χ4n) is 5.46. The number of nitrogens with one attached hydrogen (secondary N) is 3. The molecule has 1 unspecified atom stereocenters. The van der Waals surface area contributed by atoms with Gasteiger partial charge in [-0.2, -0.15) is 0 Å². The molecule has 3 N–H and O–H groups in total. The van der Waals surface area contributed by atoms with Gasteiger partial charge in [0.1, 0.15) is 16.6 Å². The van der Waals surface area contributed by atoms with Crippen LogP contribution in [0.1, 0.15) is 32.4 Å². The van der Waals surface area contributed by atoms with Crippen LogP contribution in [0.5, 0.6) is 0 Å². The average molecular weight is 728 g/mol. The first-order valence-corrected chi connectivity index (χ1v) is 17.6. The second kappa shape index (κ2) is 16.3. The van der Waals surface area contributed by atoms with Crippen LogP contribution in [-0.4, -0.2) is 27.1 Å². The molecule has 11 heteroatoms. The average Bonchev–Trinajstić information content (AvgIpc) is 3.37. The molecular formula is C41H34ClN5O4S. The SMILES string of the molecule is Cc1c(NC(=O)C(Sc2ccc(NC(=O)/C(=C/c3cccc(Cl)c3)NC(=O)c3ccccc3)cc2)c2ccccc2)c(=O)n(-c2ccccc2)n1C. The molecule has 52 heavy (non-hydrogen) atoms. The van der Waals surface area contributed by atoms with E-state index in [1.54, 1.807) is 104 Å². The van der Waals surface area contributed by atoms with Crippen molar-refractivity contribution in [3.8, 4) is 5.69 Å². The third-order valence-corrected chi connectivity index (χ3v) is 9.70. The number of hydrogen-bond donors (Lipinski definition) is 3. The number of anilines is 2. The van der Waals surface area contributed by atoms with E-state index in [4.69, 9.17) is 11.6 Å². The lowest BCUT2D eigenvalue weighted by Crippen LogP contribution is -2.30. The number of thioether (sulfide) groups is 1. The first kappa shape index (κ1) is 35.7. The van der Waals surface area contributed by atoms with E-state index in [0.717, 1.165) is 10.5 Å². The molecule has 9 nitrogen and oxygen atoms in total. The van der Waals surface area contributed by atoms with Gasteiger partial charge in [0.05, 0.1) is 11.4 Å². The number of aromatic nitrogens is 2. The largest absolute Gasteiger partial charge is 0.321 e. The lowest BCUT2D eigenvalue weighted by Gasteiger charge is -2.17. The Labute approximate surface area is 309 Å². The molecule has 260 valence electrons. The number of halogens is 1. The van der Waals surface area contributed by atoms with E-state index in [1.165, 1.54) is 16.4 Å². The summed E-state index contributed by atoms with van der Waals surface area (Å²) in [6, 6.07) is 41.1. The molecule has 0 saturated heterocycles. The van der Waals surface area contributed by atoms with Gasteiger partial charge in [0.15, 0.2) is 0 Å². The van der Waals surface area contributed by atoms with E-state index in [9.17, 15) is 19.2 Å². The highest BCUT2D eigenvalue weighted by Gasteiger charge is 2.26. The summed E-state index contributed by atoms with van der Waals surface area (Å²) in [7, 11) is 1.77. The third kappa shape index (κ3) is 8.43. The lowest BCUT2D eigenvalue weighted by atomic mass is 10.1. The summed E-state index contributed by atoms with van der Waals surface area (Å²) in [4.78, 5) is 54.8. The molecule has 0 aliphatic rings. The Bertz CT molecular complexity index is 2310. The van der Waals surface area contributed by atoms with Crippen LogP contribution in [0, 0.1) is 6.92 Å². The molecule has 0 radical (unpaired) electrons. The molecule has 0 bridgehead atoms. The van der Waals surface area contributed by atoms with Crippen LogP contribution in [0.2, 0.25) is 5.02 Å². The Morgan fingerprint density at radius 3 is 2.06 bits per heavy atom. The summed E-state index contributed by atoms with van der Waals surface area (Å²) < 4.78 is 3.24. The highest BCUT2D eigenvalue weighted by atomic mass is 35.5. The van der Waals surface area contributed by atoms with Gasteiger partial charge < -0.3 is 16.0 Å². The highest BCUT2D eigenvalue weighted by molar-refractivity contribution is 8.00.